The van der Waals surface area contributed by atoms with Gasteiger partial charge in [0, 0.05) is 23.2 Å². The van der Waals surface area contributed by atoms with Crippen molar-refractivity contribution >= 4 is 56.7 Å². The van der Waals surface area contributed by atoms with E-state index >= 15 is 0 Å². The third-order valence-corrected chi connectivity index (χ3v) is 7.22. The minimum atomic E-state index is -3.77. The van der Waals surface area contributed by atoms with Crippen LogP contribution in [0.4, 0.5) is 15.8 Å². The largest absolute Gasteiger partial charge is 0.312 e. The first-order valence-corrected chi connectivity index (χ1v) is 12.3. The lowest BCUT2D eigenvalue weighted by atomic mass is 10.2. The maximum Gasteiger partial charge on any atom is 0.275 e. The zero-order valence-corrected chi connectivity index (χ0v) is 19.2. The van der Waals surface area contributed by atoms with E-state index in [-0.39, 0.29) is 36.1 Å². The van der Waals surface area contributed by atoms with Gasteiger partial charge < -0.3 is 9.80 Å². The van der Waals surface area contributed by atoms with E-state index < -0.39 is 21.7 Å². The Balaban J connectivity index is 1.68. The van der Waals surface area contributed by atoms with Crippen molar-refractivity contribution in [1.82, 2.24) is 4.72 Å². The lowest BCUT2D eigenvalue weighted by Crippen LogP contribution is -2.35. The Kier molecular flexibility index (Phi) is 7.03. The van der Waals surface area contributed by atoms with Crippen LogP contribution in [0, 0.1) is 5.82 Å². The summed E-state index contributed by atoms with van der Waals surface area (Å²) >= 11 is 7.14. The number of hydrogen-bond donors (Lipinski definition) is 1. The van der Waals surface area contributed by atoms with Gasteiger partial charge in [-0.1, -0.05) is 11.6 Å². The normalized spacial score (nSPS) is 14.2. The summed E-state index contributed by atoms with van der Waals surface area (Å²) < 4.78 is 42.3. The Morgan fingerprint density at radius 2 is 2.06 bits per heavy atom. The standard InChI is InChI=1S/C20H21ClFN3O4S2/c1-13(2)25(12-26)14-3-5-18(16(22)11-14)24-9-7-17(20(24)27)23-31(28,29)10-8-15-4-6-19(21)30-15/h3-7,11-13,23H,8-10H2,1-2H3. The maximum atomic E-state index is 14.7. The predicted molar refractivity (Wildman–Crippen MR) is 120 cm³/mol. The smallest absolute Gasteiger partial charge is 0.275 e. The molecule has 2 amide bonds. The lowest BCUT2D eigenvalue weighted by molar-refractivity contribution is -0.114. The Morgan fingerprint density at radius 3 is 2.65 bits per heavy atom. The summed E-state index contributed by atoms with van der Waals surface area (Å²) in [6, 6.07) is 7.39. The first-order valence-electron chi connectivity index (χ1n) is 9.41. The third-order valence-electron chi connectivity index (χ3n) is 4.66. The van der Waals surface area contributed by atoms with Crippen LogP contribution in [-0.4, -0.2) is 39.1 Å². The molecule has 0 radical (unpaired) electrons. The molecule has 7 nitrogen and oxygen atoms in total. The van der Waals surface area contributed by atoms with Crippen molar-refractivity contribution in [2.45, 2.75) is 26.3 Å². The number of nitrogens with one attached hydrogen (secondary N) is 1. The van der Waals surface area contributed by atoms with Crippen molar-refractivity contribution in [2.75, 3.05) is 22.1 Å². The van der Waals surface area contributed by atoms with Crippen LogP contribution in [0.25, 0.3) is 0 Å². The molecule has 0 bridgehead atoms. The molecule has 1 aliphatic heterocycles. The highest BCUT2D eigenvalue weighted by molar-refractivity contribution is 7.89. The van der Waals surface area contributed by atoms with Crippen molar-refractivity contribution in [3.8, 4) is 0 Å². The summed E-state index contributed by atoms with van der Waals surface area (Å²) in [5, 5.41) is 0. The molecule has 11 heteroatoms. The van der Waals surface area contributed by atoms with Gasteiger partial charge in [-0.25, -0.2) is 12.8 Å². The summed E-state index contributed by atoms with van der Waals surface area (Å²) in [5.74, 6) is -1.55. The number of carbonyl (C=O) groups excluding carboxylic acids is 2. The lowest BCUT2D eigenvalue weighted by Gasteiger charge is -2.24. The fourth-order valence-corrected chi connectivity index (χ4v) is 5.40. The van der Waals surface area contributed by atoms with Gasteiger partial charge >= 0.3 is 0 Å². The number of carbonyl (C=O) groups is 2. The number of anilines is 2. The van der Waals surface area contributed by atoms with Crippen LogP contribution in [0.1, 0.15) is 18.7 Å². The van der Waals surface area contributed by atoms with Crippen LogP contribution in [0.3, 0.4) is 0 Å². The minimum Gasteiger partial charge on any atom is -0.312 e. The Morgan fingerprint density at radius 1 is 1.32 bits per heavy atom. The summed E-state index contributed by atoms with van der Waals surface area (Å²) in [6.45, 7) is 3.61. The monoisotopic (exact) mass is 485 g/mol. The summed E-state index contributed by atoms with van der Waals surface area (Å²) in [7, 11) is -3.77. The molecule has 31 heavy (non-hydrogen) atoms. The molecule has 2 heterocycles. The Bertz CT molecular complexity index is 1130. The molecular formula is C20H21ClFN3O4S2. The van der Waals surface area contributed by atoms with Crippen molar-refractivity contribution in [1.29, 1.82) is 0 Å². The van der Waals surface area contributed by atoms with Crippen LogP contribution in [0.15, 0.2) is 42.1 Å². The minimum absolute atomic E-state index is 0.00188. The molecule has 0 fully saturated rings. The van der Waals surface area contributed by atoms with E-state index in [9.17, 15) is 22.4 Å². The number of thiophene rings is 1. The number of rotatable bonds is 9. The van der Waals surface area contributed by atoms with Gasteiger partial charge in [-0.15, -0.1) is 11.3 Å². The maximum absolute atomic E-state index is 14.7. The number of halogens is 2. The molecule has 166 valence electrons. The molecule has 0 saturated carbocycles. The molecule has 1 aromatic heterocycles. The van der Waals surface area contributed by atoms with Gasteiger partial charge in [0.2, 0.25) is 16.4 Å². The molecule has 0 spiro atoms. The van der Waals surface area contributed by atoms with E-state index in [4.69, 9.17) is 11.6 Å². The number of hydrogen-bond acceptors (Lipinski definition) is 5. The van der Waals surface area contributed by atoms with Gasteiger partial charge in [-0.2, -0.15) is 0 Å². The number of amides is 2. The SMILES string of the molecule is CC(C)N(C=O)c1ccc(N2CC=C(NS(=O)(=O)CCc3ccc(Cl)s3)C2=O)c(F)c1. The number of aryl methyl sites for hydroxylation is 1. The second kappa shape index (κ2) is 9.37. The molecule has 3 rings (SSSR count). The molecule has 0 aliphatic carbocycles. The quantitative estimate of drug-likeness (QED) is 0.552. The van der Waals surface area contributed by atoms with E-state index in [0.717, 1.165) is 9.78 Å². The molecule has 0 unspecified atom stereocenters. The molecule has 2 aromatic rings. The Hall–Kier alpha value is -2.43. The van der Waals surface area contributed by atoms with Crippen molar-refractivity contribution in [3.63, 3.8) is 0 Å². The molecule has 1 aromatic carbocycles. The van der Waals surface area contributed by atoms with Crippen LogP contribution >= 0.6 is 22.9 Å². The zero-order valence-electron chi connectivity index (χ0n) is 16.8. The summed E-state index contributed by atoms with van der Waals surface area (Å²) in [4.78, 5) is 27.2. The molecular weight excluding hydrogens is 465 g/mol. The fraction of sp³-hybridized carbons (Fsp3) is 0.300. The van der Waals surface area contributed by atoms with Gasteiger partial charge in [-0.05, 0) is 56.7 Å². The first-order chi connectivity index (χ1) is 14.6. The highest BCUT2D eigenvalue weighted by atomic mass is 35.5. The average molecular weight is 486 g/mol. The predicted octanol–water partition coefficient (Wildman–Crippen LogP) is 3.30. The first kappa shape index (κ1) is 23.2. The van der Waals surface area contributed by atoms with Crippen LogP contribution in [-0.2, 0) is 26.0 Å². The second-order valence-corrected chi connectivity index (χ2v) is 10.8. The Labute approximate surface area is 189 Å². The van der Waals surface area contributed by atoms with Crippen LogP contribution in [0.2, 0.25) is 4.34 Å². The number of benzene rings is 1. The summed E-state index contributed by atoms with van der Waals surface area (Å²) in [5.41, 5.74) is 0.242. The molecule has 1 aliphatic rings. The van der Waals surface area contributed by atoms with Gasteiger partial charge in [0.25, 0.3) is 5.91 Å². The fourth-order valence-electron chi connectivity index (χ4n) is 3.09. The van der Waals surface area contributed by atoms with Crippen LogP contribution in [0.5, 0.6) is 0 Å². The highest BCUT2D eigenvalue weighted by Crippen LogP contribution is 2.28. The van der Waals surface area contributed by atoms with E-state index in [0.29, 0.717) is 16.4 Å². The number of nitrogens with zero attached hydrogens (tertiary/aromatic N) is 2. The molecule has 0 atom stereocenters. The number of sulfonamides is 1. The van der Waals surface area contributed by atoms with E-state index in [1.165, 1.54) is 40.5 Å². The van der Waals surface area contributed by atoms with Gasteiger partial charge in [0.15, 0.2) is 0 Å². The van der Waals surface area contributed by atoms with Crippen molar-refractivity contribution in [2.24, 2.45) is 0 Å². The topological polar surface area (TPSA) is 86.8 Å². The van der Waals surface area contributed by atoms with Crippen molar-refractivity contribution < 1.29 is 22.4 Å². The highest BCUT2D eigenvalue weighted by Gasteiger charge is 2.30. The molecule has 0 saturated heterocycles. The second-order valence-electron chi connectivity index (χ2n) is 7.15. The van der Waals surface area contributed by atoms with Crippen molar-refractivity contribution in [3.05, 3.63) is 57.1 Å². The van der Waals surface area contributed by atoms with E-state index in [2.05, 4.69) is 4.72 Å². The van der Waals surface area contributed by atoms with Gasteiger partial charge in [0.05, 0.1) is 15.8 Å². The zero-order chi connectivity index (χ0) is 22.8. The third kappa shape index (κ3) is 5.44. The average Bonchev–Trinajstić information content (AvgIpc) is 3.27. The van der Waals surface area contributed by atoms with Gasteiger partial charge in [-0.3, -0.25) is 14.3 Å². The van der Waals surface area contributed by atoms with E-state index in [1.807, 2.05) is 0 Å². The van der Waals surface area contributed by atoms with E-state index in [1.54, 1.807) is 26.0 Å². The summed E-state index contributed by atoms with van der Waals surface area (Å²) in [6.07, 6.45) is 2.27. The van der Waals surface area contributed by atoms with Crippen LogP contribution < -0.4 is 14.5 Å². The molecule has 1 N–H and O–H groups in total. The van der Waals surface area contributed by atoms with Gasteiger partial charge in [0.1, 0.15) is 11.5 Å².